The van der Waals surface area contributed by atoms with E-state index in [0.29, 0.717) is 17.0 Å². The molecule has 0 saturated heterocycles. The lowest BCUT2D eigenvalue weighted by Crippen LogP contribution is -2.27. The molecule has 0 spiro atoms. The fraction of sp³-hybridized carbons (Fsp3) is 0.0435. The van der Waals surface area contributed by atoms with Gasteiger partial charge in [-0.1, -0.05) is 42.5 Å². The number of carbonyl (C=O) groups is 1. The van der Waals surface area contributed by atoms with Crippen LogP contribution in [0.3, 0.4) is 0 Å². The average molecular weight is 423 g/mol. The van der Waals surface area contributed by atoms with Gasteiger partial charge < -0.3 is 5.32 Å². The molecule has 0 atom stereocenters. The second-order valence-electron chi connectivity index (χ2n) is 7.08. The molecule has 0 radical (unpaired) electrons. The number of amides is 1. The van der Waals surface area contributed by atoms with E-state index in [9.17, 15) is 9.59 Å². The summed E-state index contributed by atoms with van der Waals surface area (Å²) in [6, 6.07) is 21.8. The summed E-state index contributed by atoms with van der Waals surface area (Å²) in [7, 11) is 0. The van der Waals surface area contributed by atoms with E-state index < -0.39 is 0 Å². The maximum Gasteiger partial charge on any atom is 0.254 e. The number of carbonyl (C=O) groups excluding carboxylic acids is 1. The molecule has 3 heterocycles. The third-order valence-electron chi connectivity index (χ3n) is 4.89. The van der Waals surface area contributed by atoms with Crippen LogP contribution in [0.1, 0.15) is 0 Å². The van der Waals surface area contributed by atoms with E-state index in [4.69, 9.17) is 0 Å². The van der Waals surface area contributed by atoms with Gasteiger partial charge in [0, 0.05) is 22.9 Å². The Labute approximate surface area is 182 Å². The largest absolute Gasteiger partial charge is 0.325 e. The van der Waals surface area contributed by atoms with Crippen LogP contribution in [0.5, 0.6) is 0 Å². The van der Waals surface area contributed by atoms with Crippen LogP contribution in [0, 0.1) is 0 Å². The number of nitrogens with zero attached hydrogens (tertiary/aromatic N) is 6. The first-order chi connectivity index (χ1) is 15.7. The molecule has 0 bridgehead atoms. The van der Waals surface area contributed by atoms with Crippen molar-refractivity contribution < 1.29 is 4.79 Å². The molecule has 9 heteroatoms. The van der Waals surface area contributed by atoms with Crippen LogP contribution < -0.4 is 10.9 Å². The second-order valence-corrected chi connectivity index (χ2v) is 7.08. The number of anilines is 1. The first kappa shape index (κ1) is 19.3. The Bertz CT molecular complexity index is 1460. The lowest BCUT2D eigenvalue weighted by Gasteiger charge is -2.09. The molecule has 0 aliphatic carbocycles. The van der Waals surface area contributed by atoms with Crippen molar-refractivity contribution in [3.8, 4) is 22.5 Å². The van der Waals surface area contributed by atoms with Gasteiger partial charge in [0.2, 0.25) is 5.91 Å². The Morgan fingerprint density at radius 3 is 2.44 bits per heavy atom. The maximum atomic E-state index is 12.4. The number of hydrogen-bond acceptors (Lipinski definition) is 6. The van der Waals surface area contributed by atoms with E-state index in [1.807, 2.05) is 54.6 Å². The SMILES string of the molecule is O=C(Cn1cnc(-c2ccccc2)cc1=O)Nc1ccc(-c2ccc3nncn3n2)cc1. The van der Waals surface area contributed by atoms with Gasteiger partial charge in [-0.25, -0.2) is 4.98 Å². The number of rotatable bonds is 5. The Kier molecular flexibility index (Phi) is 4.97. The topological polar surface area (TPSA) is 107 Å². The van der Waals surface area contributed by atoms with E-state index in [0.717, 1.165) is 16.8 Å². The summed E-state index contributed by atoms with van der Waals surface area (Å²) >= 11 is 0. The van der Waals surface area contributed by atoms with Crippen LogP contribution >= 0.6 is 0 Å². The molecule has 2 aromatic carbocycles. The maximum absolute atomic E-state index is 12.4. The predicted octanol–water partition coefficient (Wildman–Crippen LogP) is 2.65. The van der Waals surface area contributed by atoms with Crippen molar-refractivity contribution in [2.45, 2.75) is 6.54 Å². The molecule has 0 unspecified atom stereocenters. The van der Waals surface area contributed by atoms with Gasteiger partial charge in [-0.15, -0.1) is 10.2 Å². The van der Waals surface area contributed by atoms with Gasteiger partial charge in [0.25, 0.3) is 5.56 Å². The van der Waals surface area contributed by atoms with Crippen LogP contribution in [0.25, 0.3) is 28.2 Å². The molecule has 0 aliphatic heterocycles. The number of nitrogens with one attached hydrogen (secondary N) is 1. The fourth-order valence-electron chi connectivity index (χ4n) is 3.27. The van der Waals surface area contributed by atoms with Crippen molar-refractivity contribution in [1.82, 2.24) is 29.4 Å². The first-order valence-electron chi connectivity index (χ1n) is 9.85. The normalized spacial score (nSPS) is 10.9. The van der Waals surface area contributed by atoms with E-state index in [1.165, 1.54) is 23.3 Å². The molecular formula is C23H17N7O2. The van der Waals surface area contributed by atoms with Crippen molar-refractivity contribution in [3.05, 3.63) is 95.8 Å². The second kappa shape index (κ2) is 8.23. The quantitative estimate of drug-likeness (QED) is 0.466. The van der Waals surface area contributed by atoms with Crippen LogP contribution in [0.2, 0.25) is 0 Å². The van der Waals surface area contributed by atoms with Crippen molar-refractivity contribution >= 4 is 17.2 Å². The van der Waals surface area contributed by atoms with Gasteiger partial charge in [-0.2, -0.15) is 9.61 Å². The lowest BCUT2D eigenvalue weighted by atomic mass is 10.1. The van der Waals surface area contributed by atoms with E-state index >= 15 is 0 Å². The molecule has 3 aromatic heterocycles. The molecule has 9 nitrogen and oxygen atoms in total. The summed E-state index contributed by atoms with van der Waals surface area (Å²) in [4.78, 5) is 29.1. The third kappa shape index (κ3) is 3.99. The molecule has 156 valence electrons. The zero-order chi connectivity index (χ0) is 21.9. The molecule has 0 fully saturated rings. The van der Waals surface area contributed by atoms with Crippen LogP contribution in [-0.2, 0) is 11.3 Å². The minimum atomic E-state index is -0.321. The number of fused-ring (bicyclic) bond motifs is 1. The highest BCUT2D eigenvalue weighted by Crippen LogP contribution is 2.20. The predicted molar refractivity (Wildman–Crippen MR) is 119 cm³/mol. The van der Waals surface area contributed by atoms with Gasteiger partial charge in [0.1, 0.15) is 12.9 Å². The summed E-state index contributed by atoms with van der Waals surface area (Å²) in [5.74, 6) is -0.321. The third-order valence-corrected chi connectivity index (χ3v) is 4.89. The summed E-state index contributed by atoms with van der Waals surface area (Å²) in [6.45, 7) is -0.130. The highest BCUT2D eigenvalue weighted by Gasteiger charge is 2.08. The van der Waals surface area contributed by atoms with Gasteiger partial charge in [-0.3, -0.25) is 14.2 Å². The fourth-order valence-corrected chi connectivity index (χ4v) is 3.27. The smallest absolute Gasteiger partial charge is 0.254 e. The molecule has 32 heavy (non-hydrogen) atoms. The zero-order valence-electron chi connectivity index (χ0n) is 16.8. The lowest BCUT2D eigenvalue weighted by molar-refractivity contribution is -0.116. The standard InChI is InChI=1S/C23H17N7O2/c31-22(13-29-14-24-20(12-23(29)32)16-4-2-1-3-5-16)26-18-8-6-17(7-9-18)19-10-11-21-27-25-15-30(21)28-19/h1-12,14-15H,13H2,(H,26,31). The van der Waals surface area contributed by atoms with E-state index in [2.05, 4.69) is 25.6 Å². The minimum Gasteiger partial charge on any atom is -0.325 e. The molecular weight excluding hydrogens is 406 g/mol. The molecule has 1 amide bonds. The zero-order valence-corrected chi connectivity index (χ0v) is 16.8. The van der Waals surface area contributed by atoms with Gasteiger partial charge in [0.05, 0.1) is 17.7 Å². The monoisotopic (exact) mass is 423 g/mol. The Balaban J connectivity index is 1.26. The van der Waals surface area contributed by atoms with Gasteiger partial charge in [-0.05, 0) is 24.3 Å². The van der Waals surface area contributed by atoms with Crippen LogP contribution in [0.15, 0.2) is 90.2 Å². The van der Waals surface area contributed by atoms with E-state index in [-0.39, 0.29) is 18.0 Å². The Hall–Kier alpha value is -4.66. The summed E-state index contributed by atoms with van der Waals surface area (Å²) < 4.78 is 2.87. The van der Waals surface area contributed by atoms with Crippen LogP contribution in [0.4, 0.5) is 5.69 Å². The van der Waals surface area contributed by atoms with Crippen molar-refractivity contribution in [3.63, 3.8) is 0 Å². The molecule has 5 rings (SSSR count). The van der Waals surface area contributed by atoms with Gasteiger partial charge >= 0.3 is 0 Å². The summed E-state index contributed by atoms with van der Waals surface area (Å²) in [6.07, 6.45) is 2.93. The summed E-state index contributed by atoms with van der Waals surface area (Å²) in [5.41, 5.74) is 4.05. The minimum absolute atomic E-state index is 0.130. The average Bonchev–Trinajstić information content (AvgIpc) is 3.29. The number of aromatic nitrogens is 6. The Morgan fingerprint density at radius 1 is 0.875 bits per heavy atom. The molecule has 5 aromatic rings. The Morgan fingerprint density at radius 2 is 1.66 bits per heavy atom. The summed E-state index contributed by atoms with van der Waals surface area (Å²) in [5, 5.41) is 15.0. The van der Waals surface area contributed by atoms with Crippen molar-refractivity contribution in [2.75, 3.05) is 5.32 Å². The molecule has 0 saturated carbocycles. The molecule has 0 aliphatic rings. The number of hydrogen-bond donors (Lipinski definition) is 1. The molecule has 1 N–H and O–H groups in total. The highest BCUT2D eigenvalue weighted by atomic mass is 16.2. The van der Waals surface area contributed by atoms with Crippen molar-refractivity contribution in [1.29, 1.82) is 0 Å². The van der Waals surface area contributed by atoms with Crippen LogP contribution in [-0.4, -0.2) is 35.3 Å². The van der Waals surface area contributed by atoms with Crippen molar-refractivity contribution in [2.24, 2.45) is 0 Å². The van der Waals surface area contributed by atoms with Gasteiger partial charge in [0.15, 0.2) is 5.65 Å². The first-order valence-corrected chi connectivity index (χ1v) is 9.85. The number of benzene rings is 2. The van der Waals surface area contributed by atoms with E-state index in [1.54, 1.807) is 16.6 Å². The highest BCUT2D eigenvalue weighted by molar-refractivity contribution is 5.90.